The van der Waals surface area contributed by atoms with Crippen LogP contribution < -0.4 is 5.56 Å². The molecule has 0 aliphatic heterocycles. The Morgan fingerprint density at radius 2 is 2.06 bits per heavy atom. The zero-order chi connectivity index (χ0) is 13.4. The first kappa shape index (κ1) is 13.1. The van der Waals surface area contributed by atoms with Gasteiger partial charge in [-0.1, -0.05) is 23.2 Å². The second kappa shape index (κ2) is 4.76. The zero-order valence-electron chi connectivity index (χ0n) is 9.79. The third-order valence-electron chi connectivity index (χ3n) is 2.38. The van der Waals surface area contributed by atoms with Crippen molar-refractivity contribution in [3.8, 4) is 5.75 Å². The molecule has 0 aliphatic carbocycles. The molecular formula is C11H11Cl2N3O2. The Hall–Kier alpha value is -1.30. The standard InChI is InChI=1S/C11H11Cl2N3O2/c1-16(2)4-7-14-9-8(11(18)15-7)5(12)3-6(13)10(9)17/h3,17H,4H2,1-2H3,(H,14,15,18). The molecule has 0 radical (unpaired) electrons. The van der Waals surface area contributed by atoms with Crippen LogP contribution in [-0.4, -0.2) is 34.1 Å². The summed E-state index contributed by atoms with van der Waals surface area (Å²) < 4.78 is 0. The van der Waals surface area contributed by atoms with Gasteiger partial charge in [-0.05, 0) is 20.2 Å². The Morgan fingerprint density at radius 3 is 2.67 bits per heavy atom. The highest BCUT2D eigenvalue weighted by atomic mass is 35.5. The van der Waals surface area contributed by atoms with Crippen molar-refractivity contribution < 1.29 is 5.11 Å². The Balaban J connectivity index is 2.79. The molecule has 1 aromatic heterocycles. The molecule has 0 unspecified atom stereocenters. The van der Waals surface area contributed by atoms with Crippen LogP contribution in [-0.2, 0) is 6.54 Å². The molecule has 0 spiro atoms. The fraction of sp³-hybridized carbons (Fsp3) is 0.273. The van der Waals surface area contributed by atoms with Crippen molar-refractivity contribution in [1.29, 1.82) is 0 Å². The van der Waals surface area contributed by atoms with Gasteiger partial charge in [-0.3, -0.25) is 4.79 Å². The number of fused-ring (bicyclic) bond motifs is 1. The van der Waals surface area contributed by atoms with Crippen molar-refractivity contribution >= 4 is 34.1 Å². The van der Waals surface area contributed by atoms with Crippen molar-refractivity contribution in [3.63, 3.8) is 0 Å². The number of phenolic OH excluding ortho intramolecular Hbond substituents is 1. The van der Waals surface area contributed by atoms with Gasteiger partial charge >= 0.3 is 0 Å². The smallest absolute Gasteiger partial charge is 0.260 e. The second-order valence-electron chi connectivity index (χ2n) is 4.16. The van der Waals surface area contributed by atoms with Gasteiger partial charge < -0.3 is 15.0 Å². The average molecular weight is 288 g/mol. The Bertz CT molecular complexity index is 667. The van der Waals surface area contributed by atoms with E-state index in [0.29, 0.717) is 12.4 Å². The number of rotatable bonds is 2. The maximum atomic E-state index is 11.9. The van der Waals surface area contributed by atoms with Crippen molar-refractivity contribution in [3.05, 3.63) is 32.3 Å². The van der Waals surface area contributed by atoms with Gasteiger partial charge in [0.25, 0.3) is 5.56 Å². The van der Waals surface area contributed by atoms with Crippen LogP contribution in [0.3, 0.4) is 0 Å². The number of phenols is 1. The van der Waals surface area contributed by atoms with E-state index in [2.05, 4.69) is 9.97 Å². The first-order valence-electron chi connectivity index (χ1n) is 5.14. The number of benzene rings is 1. The number of aromatic nitrogens is 2. The largest absolute Gasteiger partial charge is 0.504 e. The van der Waals surface area contributed by atoms with E-state index in [0.717, 1.165) is 0 Å². The van der Waals surface area contributed by atoms with Crippen LogP contribution >= 0.6 is 23.2 Å². The molecule has 5 nitrogen and oxygen atoms in total. The van der Waals surface area contributed by atoms with E-state index in [1.807, 2.05) is 19.0 Å². The number of hydrogen-bond donors (Lipinski definition) is 2. The molecule has 0 saturated carbocycles. The minimum absolute atomic E-state index is 0.0707. The van der Waals surface area contributed by atoms with Gasteiger partial charge in [0.1, 0.15) is 11.3 Å². The highest BCUT2D eigenvalue weighted by molar-refractivity contribution is 6.39. The molecule has 0 amide bonds. The van der Waals surface area contributed by atoms with Gasteiger partial charge in [0.05, 0.1) is 22.0 Å². The Labute approximate surface area is 113 Å². The fourth-order valence-corrected chi connectivity index (χ4v) is 2.19. The lowest BCUT2D eigenvalue weighted by Gasteiger charge is -2.10. The molecule has 1 heterocycles. The zero-order valence-corrected chi connectivity index (χ0v) is 11.3. The molecule has 0 atom stereocenters. The molecule has 2 N–H and O–H groups in total. The monoisotopic (exact) mass is 287 g/mol. The summed E-state index contributed by atoms with van der Waals surface area (Å²) in [7, 11) is 3.68. The summed E-state index contributed by atoms with van der Waals surface area (Å²) in [6.45, 7) is 0.439. The van der Waals surface area contributed by atoms with Crippen molar-refractivity contribution in [2.24, 2.45) is 0 Å². The summed E-state index contributed by atoms with van der Waals surface area (Å²) in [6, 6.07) is 1.32. The summed E-state index contributed by atoms with van der Waals surface area (Å²) in [4.78, 5) is 20.6. The van der Waals surface area contributed by atoms with Crippen molar-refractivity contribution in [1.82, 2.24) is 14.9 Å². The topological polar surface area (TPSA) is 69.2 Å². The van der Waals surface area contributed by atoms with Crippen LogP contribution in [0, 0.1) is 0 Å². The number of H-pyrrole nitrogens is 1. The van der Waals surface area contributed by atoms with E-state index in [4.69, 9.17) is 23.2 Å². The van der Waals surface area contributed by atoms with Crippen LogP contribution in [0.1, 0.15) is 5.82 Å². The SMILES string of the molecule is CN(C)Cc1nc2c(O)c(Cl)cc(Cl)c2c(=O)[nH]1. The van der Waals surface area contributed by atoms with E-state index in [1.165, 1.54) is 6.07 Å². The quantitative estimate of drug-likeness (QED) is 0.886. The maximum Gasteiger partial charge on any atom is 0.260 e. The number of halogens is 2. The molecule has 2 aromatic rings. The molecule has 0 aliphatic rings. The molecule has 0 saturated heterocycles. The number of nitrogens with zero attached hydrogens (tertiary/aromatic N) is 2. The van der Waals surface area contributed by atoms with Gasteiger partial charge in [-0.15, -0.1) is 0 Å². The molecular weight excluding hydrogens is 277 g/mol. The number of hydrogen-bond acceptors (Lipinski definition) is 4. The molecule has 2 rings (SSSR count). The molecule has 0 bridgehead atoms. The van der Waals surface area contributed by atoms with Gasteiger partial charge in [0.2, 0.25) is 0 Å². The van der Waals surface area contributed by atoms with Crippen LogP contribution in [0.4, 0.5) is 0 Å². The van der Waals surface area contributed by atoms with Crippen LogP contribution in [0.15, 0.2) is 10.9 Å². The maximum absolute atomic E-state index is 11.9. The Kier molecular flexibility index (Phi) is 3.47. The third kappa shape index (κ3) is 2.29. The summed E-state index contributed by atoms with van der Waals surface area (Å²) in [5.41, 5.74) is -0.276. The van der Waals surface area contributed by atoms with E-state index in [9.17, 15) is 9.90 Å². The predicted octanol–water partition coefficient (Wildman–Crippen LogP) is 2.00. The lowest BCUT2D eigenvalue weighted by atomic mass is 10.2. The number of nitrogens with one attached hydrogen (secondary N) is 1. The van der Waals surface area contributed by atoms with Crippen molar-refractivity contribution in [2.75, 3.05) is 14.1 Å². The van der Waals surface area contributed by atoms with E-state index >= 15 is 0 Å². The van der Waals surface area contributed by atoms with E-state index in [-0.39, 0.29) is 26.7 Å². The number of aromatic hydroxyl groups is 1. The van der Waals surface area contributed by atoms with Gasteiger partial charge in [0.15, 0.2) is 5.75 Å². The molecule has 96 valence electrons. The van der Waals surface area contributed by atoms with Crippen LogP contribution in [0.2, 0.25) is 10.0 Å². The second-order valence-corrected chi connectivity index (χ2v) is 4.98. The average Bonchev–Trinajstić information content (AvgIpc) is 2.24. The van der Waals surface area contributed by atoms with Crippen molar-refractivity contribution in [2.45, 2.75) is 6.54 Å². The summed E-state index contributed by atoms with van der Waals surface area (Å²) >= 11 is 11.7. The van der Waals surface area contributed by atoms with Crippen LogP contribution in [0.25, 0.3) is 10.9 Å². The van der Waals surface area contributed by atoms with Crippen LogP contribution in [0.5, 0.6) is 5.75 Å². The molecule has 18 heavy (non-hydrogen) atoms. The first-order chi connectivity index (χ1) is 8.40. The highest BCUT2D eigenvalue weighted by Crippen LogP contribution is 2.34. The Morgan fingerprint density at radius 1 is 1.39 bits per heavy atom. The summed E-state index contributed by atoms with van der Waals surface area (Å²) in [6.07, 6.45) is 0. The first-order valence-corrected chi connectivity index (χ1v) is 5.90. The van der Waals surface area contributed by atoms with Gasteiger partial charge in [0, 0.05) is 0 Å². The fourth-order valence-electron chi connectivity index (χ4n) is 1.65. The highest BCUT2D eigenvalue weighted by Gasteiger charge is 2.15. The molecule has 7 heteroatoms. The normalized spacial score (nSPS) is 11.4. The summed E-state index contributed by atoms with van der Waals surface area (Å²) in [5.74, 6) is 0.202. The minimum atomic E-state index is -0.395. The lowest BCUT2D eigenvalue weighted by molar-refractivity contribution is 0.390. The summed E-state index contributed by atoms with van der Waals surface area (Å²) in [5, 5.41) is 10.2. The van der Waals surface area contributed by atoms with E-state index in [1.54, 1.807) is 0 Å². The predicted molar refractivity (Wildman–Crippen MR) is 71.4 cm³/mol. The molecule has 1 aromatic carbocycles. The number of aromatic amines is 1. The van der Waals surface area contributed by atoms with Gasteiger partial charge in [-0.25, -0.2) is 4.98 Å². The van der Waals surface area contributed by atoms with Gasteiger partial charge in [-0.2, -0.15) is 0 Å². The molecule has 0 fully saturated rings. The van der Waals surface area contributed by atoms with E-state index < -0.39 is 5.56 Å². The lowest BCUT2D eigenvalue weighted by Crippen LogP contribution is -2.18. The minimum Gasteiger partial charge on any atom is -0.504 e. The third-order valence-corrected chi connectivity index (χ3v) is 2.96.